The number of rotatable bonds is 3. The van der Waals surface area contributed by atoms with Gasteiger partial charge in [-0.1, -0.05) is 17.7 Å². The molecule has 0 aliphatic rings. The molecule has 2 rings (SSSR count). The highest BCUT2D eigenvalue weighted by Gasteiger charge is 2.20. The summed E-state index contributed by atoms with van der Waals surface area (Å²) in [7, 11) is 0. The molecule has 0 atom stereocenters. The lowest BCUT2D eigenvalue weighted by molar-refractivity contribution is -0.386. The largest absolute Gasteiger partial charge is 0.349 e. The van der Waals surface area contributed by atoms with Crippen molar-refractivity contribution in [3.8, 4) is 6.07 Å². The fourth-order valence-electron chi connectivity index (χ4n) is 1.64. The number of nitriles is 1. The van der Waals surface area contributed by atoms with Gasteiger partial charge in [0.05, 0.1) is 27.3 Å². The van der Waals surface area contributed by atoms with Gasteiger partial charge in [0.15, 0.2) is 0 Å². The first-order valence-electron chi connectivity index (χ1n) is 5.42. The van der Waals surface area contributed by atoms with Crippen molar-refractivity contribution in [3.05, 3.63) is 62.9 Å². The number of hydrogen-bond acceptors (Lipinski definition) is 4. The first kappa shape index (κ1) is 13.8. The molecule has 7 heteroatoms. The van der Waals surface area contributed by atoms with E-state index in [0.717, 1.165) is 6.07 Å². The third-order valence-electron chi connectivity index (χ3n) is 2.53. The minimum absolute atomic E-state index is 0.0352. The molecule has 0 bridgehead atoms. The number of benzene rings is 2. The van der Waals surface area contributed by atoms with E-state index in [2.05, 4.69) is 5.32 Å². The van der Waals surface area contributed by atoms with Crippen LogP contribution in [0.15, 0.2) is 36.4 Å². The highest BCUT2D eigenvalue weighted by Crippen LogP contribution is 2.33. The molecule has 0 amide bonds. The smallest absolute Gasteiger partial charge is 0.327 e. The molecule has 0 aliphatic carbocycles. The van der Waals surface area contributed by atoms with E-state index in [1.165, 1.54) is 30.3 Å². The zero-order valence-electron chi connectivity index (χ0n) is 9.93. The Labute approximate surface area is 118 Å². The molecular formula is C13H7ClFN3O2. The fraction of sp³-hybridized carbons (Fsp3) is 0. The number of para-hydroxylation sites is 1. The van der Waals surface area contributed by atoms with Crippen LogP contribution in [0.25, 0.3) is 0 Å². The van der Waals surface area contributed by atoms with E-state index in [1.54, 1.807) is 0 Å². The predicted octanol–water partition coefficient (Wildman–Crippen LogP) is 4.00. The van der Waals surface area contributed by atoms with Crippen LogP contribution in [-0.4, -0.2) is 4.92 Å². The van der Waals surface area contributed by atoms with E-state index in [-0.39, 0.29) is 10.7 Å². The first-order valence-corrected chi connectivity index (χ1v) is 5.80. The van der Waals surface area contributed by atoms with Gasteiger partial charge in [0.2, 0.25) is 5.82 Å². The van der Waals surface area contributed by atoms with Crippen LogP contribution in [0.3, 0.4) is 0 Å². The van der Waals surface area contributed by atoms with E-state index in [1.807, 2.05) is 6.07 Å². The lowest BCUT2D eigenvalue weighted by Crippen LogP contribution is -2.00. The highest BCUT2D eigenvalue weighted by atomic mass is 35.5. The molecule has 0 heterocycles. The third-order valence-corrected chi connectivity index (χ3v) is 2.86. The van der Waals surface area contributed by atoms with Crippen LogP contribution in [0.4, 0.5) is 21.5 Å². The Morgan fingerprint density at radius 3 is 2.70 bits per heavy atom. The van der Waals surface area contributed by atoms with Crippen molar-refractivity contribution < 1.29 is 9.31 Å². The van der Waals surface area contributed by atoms with Crippen molar-refractivity contribution in [2.24, 2.45) is 0 Å². The van der Waals surface area contributed by atoms with Gasteiger partial charge >= 0.3 is 5.69 Å². The standard InChI is InChI=1S/C13H7ClFN3O2/c14-9-5-4-8(7-16)6-12(9)17-11-3-1-2-10(15)13(11)18(19)20/h1-6,17H. The normalized spacial score (nSPS) is 9.85. The second-order valence-electron chi connectivity index (χ2n) is 3.82. The summed E-state index contributed by atoms with van der Waals surface area (Å²) in [4.78, 5) is 10.1. The summed E-state index contributed by atoms with van der Waals surface area (Å²) in [6, 6.07) is 10.0. The van der Waals surface area contributed by atoms with Gasteiger partial charge in [0.25, 0.3) is 0 Å². The molecule has 0 unspecified atom stereocenters. The van der Waals surface area contributed by atoms with Crippen LogP contribution >= 0.6 is 11.6 Å². The average molecular weight is 292 g/mol. The Hall–Kier alpha value is -2.65. The monoisotopic (exact) mass is 291 g/mol. The first-order chi connectivity index (χ1) is 9.52. The zero-order valence-corrected chi connectivity index (χ0v) is 10.7. The molecule has 0 radical (unpaired) electrons. The maximum atomic E-state index is 13.5. The number of hydrogen-bond donors (Lipinski definition) is 1. The van der Waals surface area contributed by atoms with Gasteiger partial charge in [-0.05, 0) is 30.3 Å². The van der Waals surface area contributed by atoms with Gasteiger partial charge in [-0.3, -0.25) is 10.1 Å². The van der Waals surface area contributed by atoms with Gasteiger partial charge in [-0.15, -0.1) is 0 Å². The fourth-order valence-corrected chi connectivity index (χ4v) is 1.80. The number of nitrogens with zero attached hydrogens (tertiary/aromatic N) is 2. The minimum Gasteiger partial charge on any atom is -0.349 e. The van der Waals surface area contributed by atoms with Crippen molar-refractivity contribution in [1.29, 1.82) is 5.26 Å². The van der Waals surface area contributed by atoms with E-state index in [4.69, 9.17) is 16.9 Å². The van der Waals surface area contributed by atoms with Gasteiger partial charge in [-0.25, -0.2) is 0 Å². The number of nitro groups is 1. The number of nitrogens with one attached hydrogen (secondary N) is 1. The summed E-state index contributed by atoms with van der Waals surface area (Å²) in [6.07, 6.45) is 0. The Bertz CT molecular complexity index is 728. The summed E-state index contributed by atoms with van der Waals surface area (Å²) in [5, 5.41) is 22.6. The van der Waals surface area contributed by atoms with E-state index in [9.17, 15) is 14.5 Å². The summed E-state index contributed by atoms with van der Waals surface area (Å²) in [5.74, 6) is -0.951. The van der Waals surface area contributed by atoms with E-state index < -0.39 is 16.4 Å². The van der Waals surface area contributed by atoms with Crippen molar-refractivity contribution >= 4 is 28.7 Å². The van der Waals surface area contributed by atoms with Gasteiger partial charge in [0.1, 0.15) is 5.69 Å². The zero-order chi connectivity index (χ0) is 14.7. The maximum absolute atomic E-state index is 13.5. The molecule has 0 aromatic heterocycles. The van der Waals surface area contributed by atoms with Crippen molar-refractivity contribution in [3.63, 3.8) is 0 Å². The summed E-state index contributed by atoms with van der Waals surface area (Å²) >= 11 is 5.94. The van der Waals surface area contributed by atoms with Gasteiger partial charge in [0, 0.05) is 0 Å². The van der Waals surface area contributed by atoms with Crippen LogP contribution in [0.1, 0.15) is 5.56 Å². The molecule has 0 spiro atoms. The quantitative estimate of drug-likeness (QED) is 0.684. The lowest BCUT2D eigenvalue weighted by Gasteiger charge is -2.09. The summed E-state index contributed by atoms with van der Waals surface area (Å²) in [5.41, 5.74) is -0.0895. The number of anilines is 2. The molecule has 0 aliphatic heterocycles. The van der Waals surface area contributed by atoms with Crippen LogP contribution in [0, 0.1) is 27.3 Å². The van der Waals surface area contributed by atoms with E-state index >= 15 is 0 Å². The van der Waals surface area contributed by atoms with E-state index in [0.29, 0.717) is 11.3 Å². The maximum Gasteiger partial charge on any atom is 0.327 e. The Balaban J connectivity index is 2.48. The topological polar surface area (TPSA) is 79.0 Å². The SMILES string of the molecule is N#Cc1ccc(Cl)c(Nc2cccc(F)c2[N+](=O)[O-])c1. The molecule has 5 nitrogen and oxygen atoms in total. The Kier molecular flexibility index (Phi) is 3.82. The second kappa shape index (κ2) is 5.55. The molecule has 20 heavy (non-hydrogen) atoms. The molecule has 0 fully saturated rings. The Morgan fingerprint density at radius 2 is 2.05 bits per heavy atom. The van der Waals surface area contributed by atoms with Crippen LogP contribution in [-0.2, 0) is 0 Å². The number of nitro benzene ring substituents is 1. The molecule has 2 aromatic carbocycles. The lowest BCUT2D eigenvalue weighted by atomic mass is 10.2. The van der Waals surface area contributed by atoms with Crippen molar-refractivity contribution in [1.82, 2.24) is 0 Å². The van der Waals surface area contributed by atoms with Crippen molar-refractivity contribution in [2.75, 3.05) is 5.32 Å². The molecule has 1 N–H and O–H groups in total. The molecule has 2 aromatic rings. The minimum atomic E-state index is -0.951. The average Bonchev–Trinajstić information content (AvgIpc) is 2.41. The predicted molar refractivity (Wildman–Crippen MR) is 72.5 cm³/mol. The van der Waals surface area contributed by atoms with Crippen LogP contribution < -0.4 is 5.32 Å². The van der Waals surface area contributed by atoms with Gasteiger partial charge < -0.3 is 5.32 Å². The molecule has 0 saturated carbocycles. The third kappa shape index (κ3) is 2.68. The van der Waals surface area contributed by atoms with Gasteiger partial charge in [-0.2, -0.15) is 9.65 Å². The highest BCUT2D eigenvalue weighted by molar-refractivity contribution is 6.33. The summed E-state index contributed by atoms with van der Waals surface area (Å²) < 4.78 is 13.5. The van der Waals surface area contributed by atoms with Crippen LogP contribution in [0.5, 0.6) is 0 Å². The molecule has 100 valence electrons. The molecule has 0 saturated heterocycles. The van der Waals surface area contributed by atoms with Crippen LogP contribution in [0.2, 0.25) is 5.02 Å². The number of halogens is 2. The Morgan fingerprint density at radius 1 is 1.30 bits per heavy atom. The summed E-state index contributed by atoms with van der Waals surface area (Å²) in [6.45, 7) is 0. The second-order valence-corrected chi connectivity index (χ2v) is 4.23. The van der Waals surface area contributed by atoms with Crippen molar-refractivity contribution in [2.45, 2.75) is 0 Å². The molecular weight excluding hydrogens is 285 g/mol.